The zero-order valence-corrected chi connectivity index (χ0v) is 16.3. The van der Waals surface area contributed by atoms with Crippen molar-refractivity contribution in [1.82, 2.24) is 15.4 Å². The van der Waals surface area contributed by atoms with Gasteiger partial charge in [0.25, 0.3) is 0 Å². The number of hydrogen-bond acceptors (Lipinski definition) is 5. The van der Waals surface area contributed by atoms with Crippen LogP contribution < -0.4 is 5.32 Å². The maximum atomic E-state index is 13.4. The molecule has 26 heavy (non-hydrogen) atoms. The van der Waals surface area contributed by atoms with Crippen molar-refractivity contribution in [3.05, 3.63) is 24.1 Å². The lowest BCUT2D eigenvalue weighted by atomic mass is 9.78. The van der Waals surface area contributed by atoms with Gasteiger partial charge >= 0.3 is 5.96 Å². The minimum Gasteiger partial charge on any atom is -0.313 e. The summed E-state index contributed by atoms with van der Waals surface area (Å²) in [5.74, 6) is -0.0376. The molecule has 0 atom stereocenters. The molecule has 0 aromatic carbocycles. The van der Waals surface area contributed by atoms with Crippen LogP contribution in [-0.4, -0.2) is 56.9 Å². The summed E-state index contributed by atoms with van der Waals surface area (Å²) < 4.78 is 13.7. The highest BCUT2D eigenvalue weighted by molar-refractivity contribution is 5.77. The van der Waals surface area contributed by atoms with E-state index >= 15 is 0 Å². The van der Waals surface area contributed by atoms with Gasteiger partial charge in [-0.2, -0.15) is 24.7 Å². The van der Waals surface area contributed by atoms with Crippen LogP contribution in [0.4, 0.5) is 10.2 Å². The number of guanidine groups is 1. The Balaban J connectivity index is 2.43. The largest absolute Gasteiger partial charge is 0.317 e. The fraction of sp³-hybridized carbons (Fsp3) is 0.611. The SMILES string of the molecule is CC1(C)CC([N+](C)(C)C(=Nc2cccc(F)n2)NC#N)CC(C)(C)N1O. The average Bonchev–Trinajstić information content (AvgIpc) is 2.51. The second kappa shape index (κ2) is 6.91. The average molecular weight is 363 g/mol. The van der Waals surface area contributed by atoms with Gasteiger partial charge in [0.05, 0.1) is 20.1 Å². The van der Waals surface area contributed by atoms with E-state index in [-0.39, 0.29) is 16.3 Å². The normalized spacial score (nSPS) is 21.3. The fourth-order valence-electron chi connectivity index (χ4n) is 3.77. The van der Waals surface area contributed by atoms with Crippen molar-refractivity contribution in [3.63, 3.8) is 0 Å². The van der Waals surface area contributed by atoms with E-state index in [0.29, 0.717) is 18.8 Å². The molecule has 1 fully saturated rings. The van der Waals surface area contributed by atoms with Gasteiger partial charge < -0.3 is 5.21 Å². The molecule has 2 N–H and O–H groups in total. The van der Waals surface area contributed by atoms with Crippen molar-refractivity contribution < 1.29 is 14.1 Å². The van der Waals surface area contributed by atoms with E-state index in [1.165, 1.54) is 17.2 Å². The maximum Gasteiger partial charge on any atom is 0.317 e. The Morgan fingerprint density at radius 3 is 2.42 bits per heavy atom. The van der Waals surface area contributed by atoms with Gasteiger partial charge in [-0.15, -0.1) is 0 Å². The summed E-state index contributed by atoms with van der Waals surface area (Å²) in [6, 6.07) is 4.45. The molecule has 7 nitrogen and oxygen atoms in total. The molecule has 1 aromatic heterocycles. The first-order valence-corrected chi connectivity index (χ1v) is 8.60. The van der Waals surface area contributed by atoms with Crippen LogP contribution in [0.3, 0.4) is 0 Å². The second-order valence-corrected chi connectivity index (χ2v) is 8.53. The highest BCUT2D eigenvalue weighted by atomic mass is 19.1. The third-order valence-electron chi connectivity index (χ3n) is 5.16. The quantitative estimate of drug-likeness (QED) is 0.211. The summed E-state index contributed by atoms with van der Waals surface area (Å²) in [6.07, 6.45) is 3.31. The molecule has 0 radical (unpaired) electrons. The molecule has 142 valence electrons. The molecule has 0 saturated carbocycles. The van der Waals surface area contributed by atoms with E-state index < -0.39 is 17.0 Å². The van der Waals surface area contributed by atoms with E-state index in [2.05, 4.69) is 15.3 Å². The molecule has 0 bridgehead atoms. The number of hydroxylamine groups is 2. The van der Waals surface area contributed by atoms with Crippen molar-refractivity contribution in [1.29, 1.82) is 5.26 Å². The molecular formula is C18H28FN6O+. The summed E-state index contributed by atoms with van der Waals surface area (Å²) in [5.41, 5.74) is -0.867. The van der Waals surface area contributed by atoms with Gasteiger partial charge in [-0.05, 0) is 39.8 Å². The van der Waals surface area contributed by atoms with Crippen molar-refractivity contribution in [2.24, 2.45) is 4.99 Å². The Morgan fingerprint density at radius 2 is 1.92 bits per heavy atom. The van der Waals surface area contributed by atoms with E-state index in [1.807, 2.05) is 48.0 Å². The number of aromatic nitrogens is 1. The second-order valence-electron chi connectivity index (χ2n) is 8.53. The number of hydrogen-bond donors (Lipinski definition) is 2. The number of nitriles is 1. The number of rotatable bonds is 2. The van der Waals surface area contributed by atoms with Crippen LogP contribution in [0.5, 0.6) is 0 Å². The Morgan fingerprint density at radius 1 is 1.35 bits per heavy atom. The van der Waals surface area contributed by atoms with Crippen LogP contribution >= 0.6 is 0 Å². The van der Waals surface area contributed by atoms with Gasteiger partial charge in [-0.25, -0.2) is 5.32 Å². The first-order valence-electron chi connectivity index (χ1n) is 8.60. The van der Waals surface area contributed by atoms with E-state index in [1.54, 1.807) is 6.07 Å². The molecule has 1 aliphatic heterocycles. The van der Waals surface area contributed by atoms with E-state index in [0.717, 1.165) is 0 Å². The van der Waals surface area contributed by atoms with Crippen molar-refractivity contribution >= 4 is 11.8 Å². The van der Waals surface area contributed by atoms with Gasteiger partial charge in [0.2, 0.25) is 5.95 Å². The first-order chi connectivity index (χ1) is 11.9. The topological polar surface area (TPSA) is 84.5 Å². The fourth-order valence-corrected chi connectivity index (χ4v) is 3.77. The van der Waals surface area contributed by atoms with Gasteiger partial charge in [-0.3, -0.25) is 4.48 Å². The Hall–Kier alpha value is -2.08. The van der Waals surface area contributed by atoms with Crippen molar-refractivity contribution in [2.75, 3.05) is 14.1 Å². The van der Waals surface area contributed by atoms with E-state index in [9.17, 15) is 14.9 Å². The zero-order chi connectivity index (χ0) is 19.8. The van der Waals surface area contributed by atoms with E-state index in [4.69, 9.17) is 0 Å². The highest BCUT2D eigenvalue weighted by Crippen LogP contribution is 2.40. The number of quaternary nitrogens is 1. The van der Waals surface area contributed by atoms with Crippen molar-refractivity contribution in [2.45, 2.75) is 57.7 Å². The molecule has 8 heteroatoms. The molecule has 0 spiro atoms. The molecule has 2 heterocycles. The third kappa shape index (κ3) is 4.01. The highest BCUT2D eigenvalue weighted by Gasteiger charge is 2.51. The number of nitrogens with zero attached hydrogens (tertiary/aromatic N) is 5. The molecule has 0 unspecified atom stereocenters. The minimum absolute atomic E-state index is 0.0801. The summed E-state index contributed by atoms with van der Waals surface area (Å²) >= 11 is 0. The minimum atomic E-state index is -0.622. The Kier molecular flexibility index (Phi) is 5.38. The lowest BCUT2D eigenvalue weighted by molar-refractivity contribution is -0.834. The standard InChI is InChI=1S/C18H28FN6O/c1-17(2)10-13(11-18(3,4)24(17)26)25(5,6)16(21-12-20)23-15-9-7-8-14(19)22-15/h7-9,13,26H,10-11H2,1-6H3,(H,21,22,23)/q+1. The molecule has 1 aliphatic rings. The zero-order valence-electron chi connectivity index (χ0n) is 16.3. The molecule has 2 rings (SSSR count). The van der Waals surface area contributed by atoms with Crippen LogP contribution in [0.2, 0.25) is 0 Å². The number of halogens is 1. The lowest BCUT2D eigenvalue weighted by Gasteiger charge is -2.54. The van der Waals surface area contributed by atoms with Crippen LogP contribution in [-0.2, 0) is 0 Å². The van der Waals surface area contributed by atoms with Crippen molar-refractivity contribution in [3.8, 4) is 6.19 Å². The Bertz CT molecular complexity index is 719. The van der Waals surface area contributed by atoms with Gasteiger partial charge in [0.15, 0.2) is 12.0 Å². The maximum absolute atomic E-state index is 13.4. The monoisotopic (exact) mass is 363 g/mol. The third-order valence-corrected chi connectivity index (χ3v) is 5.16. The predicted octanol–water partition coefficient (Wildman–Crippen LogP) is 2.77. The summed E-state index contributed by atoms with van der Waals surface area (Å²) in [5, 5.41) is 23.8. The van der Waals surface area contributed by atoms with Crippen LogP contribution in [0, 0.1) is 17.4 Å². The predicted molar refractivity (Wildman–Crippen MR) is 97.0 cm³/mol. The molecule has 1 aromatic rings. The number of aliphatic imine (C=N–C) groups is 1. The molecule has 1 saturated heterocycles. The van der Waals surface area contributed by atoms with Gasteiger partial charge in [0.1, 0.15) is 0 Å². The van der Waals surface area contributed by atoms with Crippen LogP contribution in [0.15, 0.2) is 23.2 Å². The number of pyridine rings is 1. The lowest BCUT2D eigenvalue weighted by Crippen LogP contribution is -2.68. The van der Waals surface area contributed by atoms with Gasteiger partial charge in [0, 0.05) is 23.9 Å². The van der Waals surface area contributed by atoms with Crippen LogP contribution in [0.1, 0.15) is 40.5 Å². The smallest absolute Gasteiger partial charge is 0.313 e. The number of nitrogens with one attached hydrogen (secondary N) is 1. The summed E-state index contributed by atoms with van der Waals surface area (Å²) in [6.45, 7) is 7.96. The molecular weight excluding hydrogens is 335 g/mol. The molecule has 0 amide bonds. The molecule has 0 aliphatic carbocycles. The summed E-state index contributed by atoms with van der Waals surface area (Å²) in [7, 11) is 3.90. The Labute approximate surface area is 154 Å². The first kappa shape index (κ1) is 20.2. The van der Waals surface area contributed by atoms with Crippen LogP contribution in [0.25, 0.3) is 0 Å². The summed E-state index contributed by atoms with van der Waals surface area (Å²) in [4.78, 5) is 8.16. The van der Waals surface area contributed by atoms with Gasteiger partial charge in [-0.1, -0.05) is 6.07 Å². The number of piperidine rings is 1.